The number of nitrogens with one attached hydrogen (secondary N) is 1. The topological polar surface area (TPSA) is 85.3 Å². The van der Waals surface area contributed by atoms with Gasteiger partial charge in [-0.3, -0.25) is 4.72 Å². The van der Waals surface area contributed by atoms with Gasteiger partial charge in [0.1, 0.15) is 22.2 Å². The van der Waals surface area contributed by atoms with Crippen LogP contribution in [0.15, 0.2) is 27.5 Å². The number of aryl methyl sites for hydroxylation is 3. The maximum absolute atomic E-state index is 13.3. The Morgan fingerprint density at radius 3 is 2.52 bits per heavy atom. The Labute approximate surface area is 123 Å². The number of furan rings is 1. The molecule has 114 valence electrons. The number of anilines is 1. The molecule has 21 heavy (non-hydrogen) atoms. The van der Waals surface area contributed by atoms with E-state index in [-0.39, 0.29) is 22.9 Å². The van der Waals surface area contributed by atoms with E-state index in [9.17, 15) is 12.8 Å². The van der Waals surface area contributed by atoms with Gasteiger partial charge in [-0.2, -0.15) is 0 Å². The number of nitrogens with two attached hydrogens (primary N) is 1. The molecule has 7 heteroatoms. The van der Waals surface area contributed by atoms with Crippen molar-refractivity contribution in [1.29, 1.82) is 0 Å². The Morgan fingerprint density at radius 2 is 1.90 bits per heavy atom. The zero-order chi connectivity index (χ0) is 15.8. The molecule has 1 heterocycles. The Hall–Kier alpha value is -1.86. The van der Waals surface area contributed by atoms with E-state index in [4.69, 9.17) is 10.2 Å². The predicted molar refractivity (Wildman–Crippen MR) is 78.0 cm³/mol. The first kappa shape index (κ1) is 15.5. The SMILES string of the molecule is Cc1ccc(F)cc1NS(=O)(=O)c1c(C)oc(C)c1CN. The lowest BCUT2D eigenvalue weighted by Gasteiger charge is -2.11. The van der Waals surface area contributed by atoms with Gasteiger partial charge in [-0.05, 0) is 38.5 Å². The van der Waals surface area contributed by atoms with Crippen LogP contribution in [0.4, 0.5) is 10.1 Å². The number of hydrogen-bond donors (Lipinski definition) is 2. The van der Waals surface area contributed by atoms with Gasteiger partial charge in [-0.25, -0.2) is 12.8 Å². The standard InChI is InChI=1S/C14H17FN2O3S/c1-8-4-5-11(15)6-13(8)17-21(18,19)14-10(3)20-9(2)12(14)7-16/h4-6,17H,7,16H2,1-3H3. The Kier molecular flexibility index (Phi) is 4.06. The summed E-state index contributed by atoms with van der Waals surface area (Å²) in [6, 6.07) is 3.91. The highest BCUT2D eigenvalue weighted by atomic mass is 32.2. The fourth-order valence-corrected chi connectivity index (χ4v) is 3.78. The van der Waals surface area contributed by atoms with Crippen LogP contribution >= 0.6 is 0 Å². The van der Waals surface area contributed by atoms with Crippen LogP contribution in [0.3, 0.4) is 0 Å². The summed E-state index contributed by atoms with van der Waals surface area (Å²) in [6.45, 7) is 4.94. The van der Waals surface area contributed by atoms with Crippen LogP contribution in [-0.2, 0) is 16.6 Å². The maximum Gasteiger partial charge on any atom is 0.265 e. The molecule has 2 aromatic rings. The minimum absolute atomic E-state index is 0.0196. The van der Waals surface area contributed by atoms with Crippen molar-refractivity contribution in [3.8, 4) is 0 Å². The quantitative estimate of drug-likeness (QED) is 0.908. The van der Waals surface area contributed by atoms with Crippen LogP contribution in [0, 0.1) is 26.6 Å². The molecule has 0 atom stereocenters. The summed E-state index contributed by atoms with van der Waals surface area (Å²) in [7, 11) is -3.90. The van der Waals surface area contributed by atoms with E-state index in [2.05, 4.69) is 4.72 Å². The summed E-state index contributed by atoms with van der Waals surface area (Å²) in [4.78, 5) is 0.0196. The van der Waals surface area contributed by atoms with Gasteiger partial charge >= 0.3 is 0 Å². The van der Waals surface area contributed by atoms with Gasteiger partial charge < -0.3 is 10.2 Å². The Bertz CT molecular complexity index is 782. The molecule has 0 radical (unpaired) electrons. The number of benzene rings is 1. The van der Waals surface area contributed by atoms with Crippen LogP contribution in [0.2, 0.25) is 0 Å². The third kappa shape index (κ3) is 2.93. The van der Waals surface area contributed by atoms with Gasteiger partial charge in [-0.1, -0.05) is 6.07 Å². The highest BCUT2D eigenvalue weighted by Gasteiger charge is 2.26. The van der Waals surface area contributed by atoms with Crippen molar-refractivity contribution in [2.24, 2.45) is 5.73 Å². The van der Waals surface area contributed by atoms with E-state index in [1.165, 1.54) is 12.1 Å². The van der Waals surface area contributed by atoms with E-state index in [1.54, 1.807) is 20.8 Å². The molecule has 0 bridgehead atoms. The van der Waals surface area contributed by atoms with Gasteiger partial charge in [0, 0.05) is 12.1 Å². The average Bonchev–Trinajstić information content (AvgIpc) is 2.68. The zero-order valence-electron chi connectivity index (χ0n) is 12.0. The van der Waals surface area contributed by atoms with Gasteiger partial charge in [0.25, 0.3) is 10.0 Å². The summed E-state index contributed by atoms with van der Waals surface area (Å²) in [5.41, 5.74) is 6.83. The number of rotatable bonds is 4. The Morgan fingerprint density at radius 1 is 1.24 bits per heavy atom. The molecule has 0 amide bonds. The lowest BCUT2D eigenvalue weighted by atomic mass is 10.2. The van der Waals surface area contributed by atoms with Crippen LogP contribution in [0.25, 0.3) is 0 Å². The molecule has 5 nitrogen and oxygen atoms in total. The van der Waals surface area contributed by atoms with Crippen LogP contribution in [0.5, 0.6) is 0 Å². The highest BCUT2D eigenvalue weighted by Crippen LogP contribution is 2.29. The molecule has 0 saturated heterocycles. The van der Waals surface area contributed by atoms with Crippen molar-refractivity contribution in [2.75, 3.05) is 4.72 Å². The molecule has 0 saturated carbocycles. The van der Waals surface area contributed by atoms with Crippen molar-refractivity contribution in [1.82, 2.24) is 0 Å². The minimum atomic E-state index is -3.90. The molecule has 1 aromatic carbocycles. The van der Waals surface area contributed by atoms with E-state index in [1.807, 2.05) is 0 Å². The third-order valence-corrected chi connectivity index (χ3v) is 4.80. The van der Waals surface area contributed by atoms with E-state index in [0.29, 0.717) is 16.9 Å². The van der Waals surface area contributed by atoms with Crippen molar-refractivity contribution < 1.29 is 17.2 Å². The van der Waals surface area contributed by atoms with Crippen LogP contribution < -0.4 is 10.5 Å². The second kappa shape index (κ2) is 5.50. The largest absolute Gasteiger partial charge is 0.465 e. The predicted octanol–water partition coefficient (Wildman–Crippen LogP) is 2.60. The highest BCUT2D eigenvalue weighted by molar-refractivity contribution is 7.92. The first-order chi connectivity index (χ1) is 9.76. The van der Waals surface area contributed by atoms with Gasteiger partial charge in [0.15, 0.2) is 0 Å². The molecule has 0 unspecified atom stereocenters. The molecule has 0 aliphatic carbocycles. The zero-order valence-corrected chi connectivity index (χ0v) is 12.8. The van der Waals surface area contributed by atoms with Crippen LogP contribution in [0.1, 0.15) is 22.6 Å². The summed E-state index contributed by atoms with van der Waals surface area (Å²) in [5.74, 6) is 0.207. The summed E-state index contributed by atoms with van der Waals surface area (Å²) in [6.07, 6.45) is 0. The molecule has 1 aromatic heterocycles. The number of sulfonamides is 1. The van der Waals surface area contributed by atoms with Gasteiger partial charge in [0.2, 0.25) is 0 Å². The molecular formula is C14H17FN2O3S. The maximum atomic E-state index is 13.3. The third-order valence-electron chi connectivity index (χ3n) is 3.24. The van der Waals surface area contributed by atoms with Crippen molar-refractivity contribution in [3.63, 3.8) is 0 Å². The number of halogens is 1. The van der Waals surface area contributed by atoms with Gasteiger partial charge in [-0.15, -0.1) is 0 Å². The average molecular weight is 312 g/mol. The van der Waals surface area contributed by atoms with E-state index < -0.39 is 15.8 Å². The second-order valence-electron chi connectivity index (χ2n) is 4.79. The minimum Gasteiger partial charge on any atom is -0.465 e. The summed E-state index contributed by atoms with van der Waals surface area (Å²) < 4.78 is 46.1. The fraction of sp³-hybridized carbons (Fsp3) is 0.286. The van der Waals surface area contributed by atoms with Gasteiger partial charge in [0.05, 0.1) is 5.69 Å². The molecule has 0 aliphatic rings. The normalized spacial score (nSPS) is 11.7. The second-order valence-corrected chi connectivity index (χ2v) is 6.41. The van der Waals surface area contributed by atoms with E-state index >= 15 is 0 Å². The first-order valence-corrected chi connectivity index (χ1v) is 7.82. The van der Waals surface area contributed by atoms with Crippen LogP contribution in [-0.4, -0.2) is 8.42 Å². The van der Waals surface area contributed by atoms with Crippen molar-refractivity contribution in [2.45, 2.75) is 32.2 Å². The molecule has 3 N–H and O–H groups in total. The monoisotopic (exact) mass is 312 g/mol. The van der Waals surface area contributed by atoms with E-state index in [0.717, 1.165) is 6.07 Å². The summed E-state index contributed by atoms with van der Waals surface area (Å²) >= 11 is 0. The molecule has 0 fully saturated rings. The fourth-order valence-electron chi connectivity index (χ4n) is 2.20. The molecule has 2 rings (SSSR count). The lowest BCUT2D eigenvalue weighted by Crippen LogP contribution is -2.17. The molecule has 0 aliphatic heterocycles. The Balaban J connectivity index is 2.51. The number of hydrogen-bond acceptors (Lipinski definition) is 4. The van der Waals surface area contributed by atoms with Crippen molar-refractivity contribution in [3.05, 3.63) is 46.7 Å². The van der Waals surface area contributed by atoms with Crippen molar-refractivity contribution >= 4 is 15.7 Å². The smallest absolute Gasteiger partial charge is 0.265 e. The first-order valence-electron chi connectivity index (χ1n) is 6.34. The molecule has 0 spiro atoms. The lowest BCUT2D eigenvalue weighted by molar-refractivity contribution is 0.494. The molecular weight excluding hydrogens is 295 g/mol. The summed E-state index contributed by atoms with van der Waals surface area (Å²) in [5, 5.41) is 0.